The van der Waals surface area contributed by atoms with Crippen molar-refractivity contribution in [2.24, 2.45) is 0 Å². The van der Waals surface area contributed by atoms with E-state index in [1.165, 1.54) is 119 Å². The first-order valence-corrected chi connectivity index (χ1v) is 25.0. The first-order chi connectivity index (χ1) is 31.8. The number of benzene rings is 7. The predicted molar refractivity (Wildman–Crippen MR) is 288 cm³/mol. The standard InChI is InChI=1S/C63H65BN2O/c1-38-31-50-55-51(32-38)66-58-47(62(11)29-19-20-30-63(62,66)12)35-43(61(8,9)10)36-48(58)64(55)56-49(27-28-52-54(56)44-26-25-41(59(2,3)4)37-53(44)67-52)65(50)57-45(39-21-15-13-16-22-39)33-42(60(5,6)7)34-46(57)40-23-17-14-18-24-40/h13-18,21-28,31-37H,19-20,29-30H2,1-12H3. The summed E-state index contributed by atoms with van der Waals surface area (Å²) in [5.41, 5.74) is 24.1. The van der Waals surface area contributed by atoms with Crippen molar-refractivity contribution >= 4 is 73.5 Å². The molecule has 7 aromatic carbocycles. The Kier molecular flexibility index (Phi) is 8.87. The van der Waals surface area contributed by atoms with Crippen LogP contribution in [-0.4, -0.2) is 12.3 Å². The average Bonchev–Trinajstić information content (AvgIpc) is 3.77. The molecule has 3 nitrogen and oxygen atoms in total. The lowest BCUT2D eigenvalue weighted by atomic mass is 9.32. The molecule has 2 atom stereocenters. The molecule has 1 aromatic heterocycles. The monoisotopic (exact) mass is 877 g/mol. The van der Waals surface area contributed by atoms with E-state index in [1.54, 1.807) is 5.56 Å². The molecule has 0 N–H and O–H groups in total. The van der Waals surface area contributed by atoms with E-state index >= 15 is 0 Å². The Hall–Kier alpha value is -6.00. The van der Waals surface area contributed by atoms with Crippen molar-refractivity contribution in [3.8, 4) is 22.3 Å². The molecular formula is C63H65BN2O. The smallest absolute Gasteiger partial charge is 0.253 e. The van der Waals surface area contributed by atoms with Gasteiger partial charge in [0.1, 0.15) is 11.2 Å². The van der Waals surface area contributed by atoms with Crippen LogP contribution in [0.5, 0.6) is 0 Å². The molecule has 4 heterocycles. The molecule has 12 rings (SSSR count). The summed E-state index contributed by atoms with van der Waals surface area (Å²) < 4.78 is 7.09. The van der Waals surface area contributed by atoms with Crippen LogP contribution in [0, 0.1) is 6.92 Å². The van der Waals surface area contributed by atoms with E-state index in [9.17, 15) is 0 Å². The number of fused-ring (bicyclic) bond motifs is 11. The van der Waals surface area contributed by atoms with E-state index in [0.717, 1.165) is 17.6 Å². The zero-order chi connectivity index (χ0) is 46.7. The summed E-state index contributed by atoms with van der Waals surface area (Å²) in [7, 11) is 0. The van der Waals surface area contributed by atoms with E-state index in [1.807, 2.05) is 0 Å². The fraction of sp³-hybridized carbons (Fsp3) is 0.333. The first kappa shape index (κ1) is 42.4. The van der Waals surface area contributed by atoms with Crippen LogP contribution >= 0.6 is 0 Å². The van der Waals surface area contributed by atoms with Crippen molar-refractivity contribution < 1.29 is 4.42 Å². The second kappa shape index (κ2) is 14.0. The van der Waals surface area contributed by atoms with E-state index in [-0.39, 0.29) is 33.9 Å². The van der Waals surface area contributed by atoms with Crippen molar-refractivity contribution in [1.82, 2.24) is 0 Å². The highest BCUT2D eigenvalue weighted by atomic mass is 16.3. The maximum absolute atomic E-state index is 7.09. The number of rotatable bonds is 3. The van der Waals surface area contributed by atoms with Crippen LogP contribution in [0.3, 0.4) is 0 Å². The van der Waals surface area contributed by atoms with Crippen LogP contribution < -0.4 is 26.2 Å². The summed E-state index contributed by atoms with van der Waals surface area (Å²) in [5, 5.41) is 2.41. The van der Waals surface area contributed by atoms with Gasteiger partial charge in [0.15, 0.2) is 0 Å². The number of hydrogen-bond donors (Lipinski definition) is 0. The average molecular weight is 877 g/mol. The molecule has 4 heteroatoms. The summed E-state index contributed by atoms with van der Waals surface area (Å²) >= 11 is 0. The minimum atomic E-state index is -0.0903. The number of aryl methyl sites for hydroxylation is 1. The second-order valence-electron chi connectivity index (χ2n) is 24.2. The van der Waals surface area contributed by atoms with E-state index in [0.29, 0.717) is 0 Å². The highest BCUT2D eigenvalue weighted by Gasteiger charge is 2.62. The van der Waals surface area contributed by atoms with Crippen molar-refractivity contribution in [2.45, 2.75) is 136 Å². The Labute approximate surface area is 399 Å². The van der Waals surface area contributed by atoms with Crippen LogP contribution in [0.1, 0.15) is 130 Å². The van der Waals surface area contributed by atoms with Crippen LogP contribution in [0.15, 0.2) is 132 Å². The van der Waals surface area contributed by atoms with Crippen LogP contribution in [0.4, 0.5) is 28.4 Å². The summed E-state index contributed by atoms with van der Waals surface area (Å²) in [6.45, 7) is 28.7. The fourth-order valence-electron chi connectivity index (χ4n) is 13.0. The number of nitrogens with zero attached hydrogens (tertiary/aromatic N) is 2. The summed E-state index contributed by atoms with van der Waals surface area (Å²) in [6.07, 6.45) is 4.85. The Morgan fingerprint density at radius 3 is 1.76 bits per heavy atom. The largest absolute Gasteiger partial charge is 0.456 e. The SMILES string of the molecule is Cc1cc2c3c(c1)N1c4c(cc(C(C)(C)C)cc4C4(C)CCCCC14C)B3c1c(ccc3oc4cc(C(C)(C)C)ccc4c13)N2c1c(-c2ccccc2)cc(C(C)(C)C)cc1-c1ccccc1. The Morgan fingerprint density at radius 2 is 1.13 bits per heavy atom. The van der Waals surface area contributed by atoms with E-state index in [4.69, 9.17) is 4.42 Å². The Morgan fingerprint density at radius 1 is 0.537 bits per heavy atom. The van der Waals surface area contributed by atoms with E-state index in [2.05, 4.69) is 220 Å². The van der Waals surface area contributed by atoms with Crippen LogP contribution in [-0.2, 0) is 21.7 Å². The molecule has 67 heavy (non-hydrogen) atoms. The molecule has 0 radical (unpaired) electrons. The molecular weight excluding hydrogens is 812 g/mol. The topological polar surface area (TPSA) is 19.6 Å². The molecule has 1 fully saturated rings. The zero-order valence-electron chi connectivity index (χ0n) is 41.8. The van der Waals surface area contributed by atoms with Gasteiger partial charge in [-0.05, 0) is 141 Å². The van der Waals surface area contributed by atoms with Crippen molar-refractivity contribution in [1.29, 1.82) is 0 Å². The lowest BCUT2D eigenvalue weighted by Gasteiger charge is -2.53. The van der Waals surface area contributed by atoms with Gasteiger partial charge in [0.05, 0.1) is 11.2 Å². The number of furan rings is 1. The molecule has 3 aliphatic heterocycles. The van der Waals surface area contributed by atoms with Gasteiger partial charge >= 0.3 is 0 Å². The highest BCUT2D eigenvalue weighted by molar-refractivity contribution is 7.02. The number of anilines is 5. The zero-order valence-corrected chi connectivity index (χ0v) is 41.8. The molecule has 8 aromatic rings. The van der Waals surface area contributed by atoms with Gasteiger partial charge in [-0.1, -0.05) is 167 Å². The van der Waals surface area contributed by atoms with Crippen molar-refractivity contribution in [3.05, 3.63) is 155 Å². The molecule has 336 valence electrons. The van der Waals surface area contributed by atoms with Crippen molar-refractivity contribution in [2.75, 3.05) is 9.80 Å². The molecule has 0 amide bonds. The lowest BCUT2D eigenvalue weighted by molar-refractivity contribution is 0.195. The number of hydrogen-bond acceptors (Lipinski definition) is 3. The maximum Gasteiger partial charge on any atom is 0.253 e. The van der Waals surface area contributed by atoms with Gasteiger partial charge in [-0.3, -0.25) is 0 Å². The second-order valence-corrected chi connectivity index (χ2v) is 24.2. The lowest BCUT2D eigenvalue weighted by Crippen LogP contribution is -2.64. The molecule has 4 aliphatic rings. The minimum Gasteiger partial charge on any atom is -0.456 e. The quantitative estimate of drug-likeness (QED) is 0.165. The highest BCUT2D eigenvalue weighted by Crippen LogP contribution is 2.63. The van der Waals surface area contributed by atoms with Gasteiger partial charge in [-0.25, -0.2) is 0 Å². The third-order valence-corrected chi connectivity index (χ3v) is 16.9. The molecule has 2 unspecified atom stereocenters. The molecule has 1 saturated carbocycles. The first-order valence-electron chi connectivity index (χ1n) is 25.0. The normalized spacial score (nSPS) is 19.7. The van der Waals surface area contributed by atoms with Gasteiger partial charge < -0.3 is 14.2 Å². The molecule has 0 bridgehead atoms. The summed E-state index contributed by atoms with van der Waals surface area (Å²) in [5.74, 6) is 0. The predicted octanol–water partition coefficient (Wildman–Crippen LogP) is 15.5. The molecule has 0 spiro atoms. The van der Waals surface area contributed by atoms with Gasteiger partial charge in [0.25, 0.3) is 6.71 Å². The third-order valence-electron chi connectivity index (χ3n) is 16.9. The van der Waals surface area contributed by atoms with Gasteiger partial charge in [-0.15, -0.1) is 0 Å². The van der Waals surface area contributed by atoms with Gasteiger partial charge in [0.2, 0.25) is 0 Å². The summed E-state index contributed by atoms with van der Waals surface area (Å²) in [4.78, 5) is 5.59. The molecule has 1 aliphatic carbocycles. The van der Waals surface area contributed by atoms with Crippen LogP contribution in [0.25, 0.3) is 44.2 Å². The Bertz CT molecular complexity index is 3300. The maximum atomic E-state index is 7.09. The van der Waals surface area contributed by atoms with Gasteiger partial charge in [-0.2, -0.15) is 0 Å². The van der Waals surface area contributed by atoms with E-state index < -0.39 is 0 Å². The van der Waals surface area contributed by atoms with Gasteiger partial charge in [0, 0.05) is 50.1 Å². The fourth-order valence-corrected chi connectivity index (χ4v) is 13.0. The minimum absolute atomic E-state index is 0.00924. The molecule has 0 saturated heterocycles. The third kappa shape index (κ3) is 5.96. The summed E-state index contributed by atoms with van der Waals surface area (Å²) in [6, 6.07) is 49.3. The van der Waals surface area contributed by atoms with Crippen molar-refractivity contribution in [3.63, 3.8) is 0 Å². The van der Waals surface area contributed by atoms with Crippen LogP contribution in [0.2, 0.25) is 0 Å². The Balaban J connectivity index is 1.29.